The molecule has 4 rings (SSSR count). The highest BCUT2D eigenvalue weighted by molar-refractivity contribution is 5.84. The summed E-state index contributed by atoms with van der Waals surface area (Å²) in [6.45, 7) is 5.50. The van der Waals surface area contributed by atoms with Crippen molar-refractivity contribution < 1.29 is 32.7 Å². The standard InChI is InChI=1S/C26H28N2O8/c1-4-18-23(15(2)25(31)36-24(18)21-13-17-7-5-6-8-20(17)34-21)35-26(32)19(9-11-29)28-10-12-33-14-22(28)27-16(3)30/h5-8,11,13,19,22H,4,9-10,12,14H2,1-3H3,(H,27,30). The first-order valence-electron chi connectivity index (χ1n) is 11.8. The highest BCUT2D eigenvalue weighted by atomic mass is 16.5. The molecule has 1 saturated heterocycles. The number of carbonyl (C=O) groups is 3. The maximum absolute atomic E-state index is 13.4. The Hall–Kier alpha value is -3.76. The molecule has 1 aliphatic rings. The maximum Gasteiger partial charge on any atom is 0.343 e. The van der Waals surface area contributed by atoms with E-state index in [0.29, 0.717) is 42.8 Å². The van der Waals surface area contributed by atoms with Crippen LogP contribution in [0.4, 0.5) is 0 Å². The van der Waals surface area contributed by atoms with Crippen LogP contribution in [0.5, 0.6) is 5.75 Å². The van der Waals surface area contributed by atoms with Gasteiger partial charge < -0.3 is 28.4 Å². The van der Waals surface area contributed by atoms with E-state index in [4.69, 9.17) is 18.3 Å². The van der Waals surface area contributed by atoms with Gasteiger partial charge in [0.2, 0.25) is 5.91 Å². The van der Waals surface area contributed by atoms with E-state index in [1.165, 1.54) is 13.8 Å². The van der Waals surface area contributed by atoms with E-state index >= 15 is 0 Å². The molecule has 1 fully saturated rings. The van der Waals surface area contributed by atoms with Gasteiger partial charge in [-0.2, -0.15) is 0 Å². The molecule has 1 aromatic carbocycles. The molecule has 3 heterocycles. The first kappa shape index (κ1) is 25.3. The number of furan rings is 1. The van der Waals surface area contributed by atoms with Crippen LogP contribution in [0.3, 0.4) is 0 Å². The van der Waals surface area contributed by atoms with Crippen molar-refractivity contribution in [1.82, 2.24) is 10.2 Å². The fourth-order valence-corrected chi connectivity index (χ4v) is 4.38. The van der Waals surface area contributed by atoms with Gasteiger partial charge in [-0.15, -0.1) is 0 Å². The largest absolute Gasteiger partial charge is 0.453 e. The number of fused-ring (bicyclic) bond motifs is 1. The Kier molecular flexibility index (Phi) is 7.66. The van der Waals surface area contributed by atoms with Gasteiger partial charge in [0, 0.05) is 30.8 Å². The van der Waals surface area contributed by atoms with E-state index in [1.807, 2.05) is 25.1 Å². The molecule has 1 aliphatic heterocycles. The number of hydrogen-bond donors (Lipinski definition) is 1. The summed E-state index contributed by atoms with van der Waals surface area (Å²) in [5.41, 5.74) is 0.577. The van der Waals surface area contributed by atoms with Crippen LogP contribution in [0.2, 0.25) is 0 Å². The van der Waals surface area contributed by atoms with Crippen molar-refractivity contribution >= 4 is 29.1 Å². The normalized spacial score (nSPS) is 17.0. The van der Waals surface area contributed by atoms with Crippen LogP contribution in [-0.2, 0) is 25.5 Å². The Morgan fingerprint density at radius 2 is 2.06 bits per heavy atom. The monoisotopic (exact) mass is 496 g/mol. The molecular formula is C26H28N2O8. The molecule has 1 N–H and O–H groups in total. The van der Waals surface area contributed by atoms with Gasteiger partial charge in [0.05, 0.1) is 18.8 Å². The van der Waals surface area contributed by atoms with Gasteiger partial charge in [-0.05, 0) is 25.5 Å². The average molecular weight is 497 g/mol. The first-order valence-corrected chi connectivity index (χ1v) is 11.8. The van der Waals surface area contributed by atoms with Gasteiger partial charge in [0.1, 0.15) is 29.8 Å². The lowest BCUT2D eigenvalue weighted by atomic mass is 10.1. The van der Waals surface area contributed by atoms with E-state index in [0.717, 1.165) is 5.39 Å². The molecular weight excluding hydrogens is 468 g/mol. The lowest BCUT2D eigenvalue weighted by Gasteiger charge is -2.39. The molecule has 10 heteroatoms. The van der Waals surface area contributed by atoms with Crippen molar-refractivity contribution in [3.8, 4) is 17.3 Å². The van der Waals surface area contributed by atoms with Crippen molar-refractivity contribution in [3.63, 3.8) is 0 Å². The Morgan fingerprint density at radius 1 is 1.28 bits per heavy atom. The smallest absolute Gasteiger partial charge is 0.343 e. The molecule has 190 valence electrons. The van der Waals surface area contributed by atoms with Gasteiger partial charge in [0.25, 0.3) is 0 Å². The van der Waals surface area contributed by atoms with Gasteiger partial charge in [0.15, 0.2) is 11.5 Å². The zero-order valence-corrected chi connectivity index (χ0v) is 20.4. The molecule has 0 aliphatic carbocycles. The summed E-state index contributed by atoms with van der Waals surface area (Å²) >= 11 is 0. The number of esters is 1. The third-order valence-electron chi connectivity index (χ3n) is 6.13. The first-order chi connectivity index (χ1) is 17.3. The summed E-state index contributed by atoms with van der Waals surface area (Å²) in [7, 11) is 0. The third-order valence-corrected chi connectivity index (χ3v) is 6.13. The molecule has 0 spiro atoms. The minimum absolute atomic E-state index is 0.0782. The number of rotatable bonds is 8. The summed E-state index contributed by atoms with van der Waals surface area (Å²) in [6, 6.07) is 8.15. The highest BCUT2D eigenvalue weighted by Crippen LogP contribution is 2.35. The Labute approximate surface area is 207 Å². The minimum Gasteiger partial charge on any atom is -0.453 e. The lowest BCUT2D eigenvalue weighted by molar-refractivity contribution is -0.148. The van der Waals surface area contributed by atoms with Crippen LogP contribution in [-0.4, -0.2) is 55.0 Å². The predicted octanol–water partition coefficient (Wildman–Crippen LogP) is 2.58. The molecule has 1 amide bonds. The number of amides is 1. The van der Waals surface area contributed by atoms with Crippen LogP contribution in [0.1, 0.15) is 31.4 Å². The topological polar surface area (TPSA) is 128 Å². The fourth-order valence-electron chi connectivity index (χ4n) is 4.38. The summed E-state index contributed by atoms with van der Waals surface area (Å²) in [5.74, 6) is -0.422. The average Bonchev–Trinajstić information content (AvgIpc) is 3.29. The van der Waals surface area contributed by atoms with Crippen molar-refractivity contribution in [2.45, 2.75) is 45.8 Å². The Morgan fingerprint density at radius 3 is 2.75 bits per heavy atom. The Bertz CT molecular complexity index is 1310. The van der Waals surface area contributed by atoms with Crippen LogP contribution in [0, 0.1) is 6.92 Å². The zero-order valence-electron chi connectivity index (χ0n) is 20.4. The zero-order chi connectivity index (χ0) is 25.8. The molecule has 0 saturated carbocycles. The summed E-state index contributed by atoms with van der Waals surface area (Å²) < 4.78 is 22.7. The second-order valence-corrected chi connectivity index (χ2v) is 8.52. The quantitative estimate of drug-likeness (QED) is 0.370. The number of para-hydroxylation sites is 1. The van der Waals surface area contributed by atoms with E-state index in [9.17, 15) is 19.2 Å². The molecule has 2 atom stereocenters. The number of carbonyl (C=O) groups excluding carboxylic acids is 3. The maximum atomic E-state index is 13.4. The molecule has 10 nitrogen and oxygen atoms in total. The molecule has 3 aromatic rings. The van der Waals surface area contributed by atoms with Gasteiger partial charge in [-0.25, -0.2) is 9.59 Å². The third kappa shape index (κ3) is 5.09. The van der Waals surface area contributed by atoms with Crippen molar-refractivity contribution in [3.05, 3.63) is 51.9 Å². The predicted molar refractivity (Wildman–Crippen MR) is 130 cm³/mol. The number of benzene rings is 1. The lowest BCUT2D eigenvalue weighted by Crippen LogP contribution is -2.60. The number of morpholine rings is 1. The number of aldehydes is 1. The minimum atomic E-state index is -0.991. The van der Waals surface area contributed by atoms with Gasteiger partial charge >= 0.3 is 11.6 Å². The number of nitrogens with one attached hydrogen (secondary N) is 1. The van der Waals surface area contributed by atoms with Crippen LogP contribution >= 0.6 is 0 Å². The van der Waals surface area contributed by atoms with E-state index < -0.39 is 23.8 Å². The fraction of sp³-hybridized carbons (Fsp3) is 0.385. The molecule has 0 bridgehead atoms. The van der Waals surface area contributed by atoms with E-state index in [2.05, 4.69) is 5.32 Å². The van der Waals surface area contributed by atoms with Crippen LogP contribution in [0.15, 0.2) is 44.0 Å². The van der Waals surface area contributed by atoms with Crippen molar-refractivity contribution in [2.24, 2.45) is 0 Å². The second-order valence-electron chi connectivity index (χ2n) is 8.52. The second kappa shape index (κ2) is 10.9. The number of hydrogen-bond acceptors (Lipinski definition) is 9. The van der Waals surface area contributed by atoms with Gasteiger partial charge in [-0.1, -0.05) is 25.1 Å². The number of ether oxygens (including phenoxy) is 2. The number of nitrogens with zero attached hydrogens (tertiary/aromatic N) is 1. The van der Waals surface area contributed by atoms with E-state index in [-0.39, 0.29) is 36.0 Å². The molecule has 0 radical (unpaired) electrons. The summed E-state index contributed by atoms with van der Waals surface area (Å²) in [5, 5.41) is 3.57. The summed E-state index contributed by atoms with van der Waals surface area (Å²) in [4.78, 5) is 51.0. The van der Waals surface area contributed by atoms with Crippen molar-refractivity contribution in [1.29, 1.82) is 0 Å². The molecule has 36 heavy (non-hydrogen) atoms. The van der Waals surface area contributed by atoms with Gasteiger partial charge in [-0.3, -0.25) is 9.69 Å². The van der Waals surface area contributed by atoms with Crippen LogP contribution in [0.25, 0.3) is 22.5 Å². The van der Waals surface area contributed by atoms with Crippen LogP contribution < -0.4 is 15.7 Å². The van der Waals surface area contributed by atoms with E-state index in [1.54, 1.807) is 17.0 Å². The molecule has 2 unspecified atom stereocenters. The summed E-state index contributed by atoms with van der Waals surface area (Å²) in [6.07, 6.45) is 0.239. The van der Waals surface area contributed by atoms with Crippen molar-refractivity contribution in [2.75, 3.05) is 19.8 Å². The Balaban J connectivity index is 1.72. The molecule has 2 aromatic heterocycles. The SMILES string of the molecule is CCc1c(-c2cc3ccccc3o2)oc(=O)c(C)c1OC(=O)C(CC=O)N1CCOCC1NC(C)=O. The highest BCUT2D eigenvalue weighted by Gasteiger charge is 2.36.